The molecule has 1 rings (SSSR count). The molecule has 0 aliphatic carbocycles. The van der Waals surface area contributed by atoms with Gasteiger partial charge in [-0.1, -0.05) is 38.1 Å². The van der Waals surface area contributed by atoms with Crippen LogP contribution in [-0.4, -0.2) is 17.7 Å². The lowest BCUT2D eigenvalue weighted by atomic mass is 9.91. The lowest BCUT2D eigenvalue weighted by Gasteiger charge is -2.20. The smallest absolute Gasteiger partial charge is 0.311 e. The summed E-state index contributed by atoms with van der Waals surface area (Å²) >= 11 is 0. The van der Waals surface area contributed by atoms with E-state index >= 15 is 0 Å². The molecule has 0 bridgehead atoms. The van der Waals surface area contributed by atoms with Crippen molar-refractivity contribution >= 4 is 5.97 Å². The molecule has 20 heavy (non-hydrogen) atoms. The summed E-state index contributed by atoms with van der Waals surface area (Å²) in [7, 11) is 0. The van der Waals surface area contributed by atoms with E-state index in [1.54, 1.807) is 0 Å². The molecule has 1 unspecified atom stereocenters. The fourth-order valence-electron chi connectivity index (χ4n) is 1.74. The predicted octanol–water partition coefficient (Wildman–Crippen LogP) is 3.65. The summed E-state index contributed by atoms with van der Waals surface area (Å²) in [5.41, 5.74) is 1.63. The Morgan fingerprint density at radius 3 is 2.35 bits per heavy atom. The molecule has 1 N–H and O–H groups in total. The standard InChI is InChI=1S/C17H26O3/c1-5-15(18)14-9-7-13(8-10-14)11-12-20-16(19)17(3,4)6-2/h7-10,15,18H,5-6,11-12H2,1-4H3. The molecule has 0 saturated carbocycles. The van der Waals surface area contributed by atoms with Crippen LogP contribution in [0, 0.1) is 5.41 Å². The number of rotatable bonds is 7. The molecule has 1 atom stereocenters. The summed E-state index contributed by atoms with van der Waals surface area (Å²) in [6.07, 6.45) is 1.79. The fraction of sp³-hybridized carbons (Fsp3) is 0.588. The average Bonchev–Trinajstić information content (AvgIpc) is 2.47. The summed E-state index contributed by atoms with van der Waals surface area (Å²) in [5.74, 6) is -0.141. The van der Waals surface area contributed by atoms with Crippen LogP contribution in [0.4, 0.5) is 0 Å². The van der Waals surface area contributed by atoms with Crippen molar-refractivity contribution in [3.05, 3.63) is 35.4 Å². The van der Waals surface area contributed by atoms with E-state index < -0.39 is 11.5 Å². The van der Waals surface area contributed by atoms with Crippen LogP contribution in [-0.2, 0) is 16.0 Å². The Morgan fingerprint density at radius 1 is 1.25 bits per heavy atom. The van der Waals surface area contributed by atoms with Crippen molar-refractivity contribution in [2.24, 2.45) is 5.41 Å². The third-order valence-electron chi connectivity index (χ3n) is 3.81. The fourth-order valence-corrected chi connectivity index (χ4v) is 1.74. The van der Waals surface area contributed by atoms with E-state index in [9.17, 15) is 9.90 Å². The summed E-state index contributed by atoms with van der Waals surface area (Å²) < 4.78 is 5.31. The van der Waals surface area contributed by atoms with Crippen molar-refractivity contribution in [3.63, 3.8) is 0 Å². The highest BCUT2D eigenvalue weighted by atomic mass is 16.5. The van der Waals surface area contributed by atoms with Gasteiger partial charge in [-0.3, -0.25) is 4.79 Å². The molecule has 0 heterocycles. The van der Waals surface area contributed by atoms with E-state index in [1.807, 2.05) is 52.0 Å². The van der Waals surface area contributed by atoms with Gasteiger partial charge in [0.1, 0.15) is 0 Å². The molecular weight excluding hydrogens is 252 g/mol. The maximum atomic E-state index is 11.8. The molecule has 3 heteroatoms. The second-order valence-corrected chi connectivity index (χ2v) is 5.79. The number of hydrogen-bond acceptors (Lipinski definition) is 3. The molecule has 0 aliphatic heterocycles. The Kier molecular flexibility index (Phi) is 6.21. The largest absolute Gasteiger partial charge is 0.465 e. The number of aliphatic hydroxyl groups excluding tert-OH is 1. The second kappa shape index (κ2) is 7.44. The zero-order valence-corrected chi connectivity index (χ0v) is 13.0. The first-order valence-electron chi connectivity index (χ1n) is 7.34. The monoisotopic (exact) mass is 278 g/mol. The Hall–Kier alpha value is -1.35. The molecule has 0 amide bonds. The van der Waals surface area contributed by atoms with Gasteiger partial charge in [0.2, 0.25) is 0 Å². The van der Waals surface area contributed by atoms with Crippen molar-refractivity contribution in [3.8, 4) is 0 Å². The van der Waals surface area contributed by atoms with Crippen LogP contribution < -0.4 is 0 Å². The number of aliphatic hydroxyl groups is 1. The highest BCUT2D eigenvalue weighted by Gasteiger charge is 2.26. The minimum atomic E-state index is -0.408. The minimum absolute atomic E-state index is 0.141. The maximum absolute atomic E-state index is 11.8. The highest BCUT2D eigenvalue weighted by Crippen LogP contribution is 2.21. The van der Waals surface area contributed by atoms with Crippen LogP contribution in [0.3, 0.4) is 0 Å². The SMILES string of the molecule is CCC(O)c1ccc(CCOC(=O)C(C)(C)CC)cc1. The second-order valence-electron chi connectivity index (χ2n) is 5.79. The van der Waals surface area contributed by atoms with E-state index in [4.69, 9.17) is 4.74 Å². The first-order chi connectivity index (χ1) is 9.40. The predicted molar refractivity (Wildman–Crippen MR) is 80.4 cm³/mol. The molecule has 0 aliphatic rings. The lowest BCUT2D eigenvalue weighted by molar-refractivity contribution is -0.154. The molecule has 0 saturated heterocycles. The summed E-state index contributed by atoms with van der Waals surface area (Å²) in [6, 6.07) is 7.82. The van der Waals surface area contributed by atoms with Crippen molar-refractivity contribution in [1.29, 1.82) is 0 Å². The van der Waals surface area contributed by atoms with Crippen molar-refractivity contribution in [1.82, 2.24) is 0 Å². The Morgan fingerprint density at radius 2 is 1.85 bits per heavy atom. The van der Waals surface area contributed by atoms with Crippen LogP contribution in [0.15, 0.2) is 24.3 Å². The summed E-state index contributed by atoms with van der Waals surface area (Å²) in [6.45, 7) is 8.14. The van der Waals surface area contributed by atoms with Gasteiger partial charge in [-0.2, -0.15) is 0 Å². The molecule has 1 aromatic rings. The first kappa shape index (κ1) is 16.7. The van der Waals surface area contributed by atoms with Gasteiger partial charge in [-0.25, -0.2) is 0 Å². The molecule has 1 aromatic carbocycles. The van der Waals surface area contributed by atoms with Gasteiger partial charge in [-0.05, 0) is 37.8 Å². The van der Waals surface area contributed by atoms with Crippen molar-refractivity contribution < 1.29 is 14.6 Å². The van der Waals surface area contributed by atoms with Crippen molar-refractivity contribution in [2.45, 2.75) is 53.1 Å². The van der Waals surface area contributed by atoms with Gasteiger partial charge >= 0.3 is 5.97 Å². The van der Waals surface area contributed by atoms with Gasteiger partial charge in [0.15, 0.2) is 0 Å². The van der Waals surface area contributed by atoms with Gasteiger partial charge in [-0.15, -0.1) is 0 Å². The Labute approximate surface area is 122 Å². The average molecular weight is 278 g/mol. The van der Waals surface area contributed by atoms with Crippen molar-refractivity contribution in [2.75, 3.05) is 6.61 Å². The van der Waals surface area contributed by atoms with Gasteiger partial charge < -0.3 is 9.84 Å². The van der Waals surface area contributed by atoms with Crippen LogP contribution in [0.2, 0.25) is 0 Å². The van der Waals surface area contributed by atoms with E-state index in [0.717, 1.165) is 17.5 Å². The number of carbonyl (C=O) groups excluding carboxylic acids is 1. The Bertz CT molecular complexity index is 420. The topological polar surface area (TPSA) is 46.5 Å². The maximum Gasteiger partial charge on any atom is 0.311 e. The molecule has 3 nitrogen and oxygen atoms in total. The number of hydrogen-bond donors (Lipinski definition) is 1. The molecule has 0 spiro atoms. The highest BCUT2D eigenvalue weighted by molar-refractivity contribution is 5.75. The lowest BCUT2D eigenvalue weighted by Crippen LogP contribution is -2.26. The third kappa shape index (κ3) is 4.64. The molecular formula is C17H26O3. The molecule has 0 radical (unpaired) electrons. The molecule has 0 fully saturated rings. The minimum Gasteiger partial charge on any atom is -0.465 e. The number of ether oxygens (including phenoxy) is 1. The summed E-state index contributed by atoms with van der Waals surface area (Å²) in [5, 5.41) is 9.72. The van der Waals surface area contributed by atoms with E-state index in [1.165, 1.54) is 0 Å². The van der Waals surface area contributed by atoms with Crippen LogP contribution in [0.25, 0.3) is 0 Å². The molecule has 0 aromatic heterocycles. The number of esters is 1. The van der Waals surface area contributed by atoms with E-state index in [0.29, 0.717) is 19.4 Å². The number of carbonyl (C=O) groups is 1. The van der Waals surface area contributed by atoms with Gasteiger partial charge in [0.05, 0.1) is 18.1 Å². The van der Waals surface area contributed by atoms with E-state index in [2.05, 4.69) is 0 Å². The zero-order chi connectivity index (χ0) is 15.2. The van der Waals surface area contributed by atoms with Gasteiger partial charge in [0, 0.05) is 6.42 Å². The Balaban J connectivity index is 2.45. The van der Waals surface area contributed by atoms with Crippen LogP contribution >= 0.6 is 0 Å². The van der Waals surface area contributed by atoms with Gasteiger partial charge in [0.25, 0.3) is 0 Å². The van der Waals surface area contributed by atoms with E-state index in [-0.39, 0.29) is 5.97 Å². The first-order valence-corrected chi connectivity index (χ1v) is 7.34. The third-order valence-corrected chi connectivity index (χ3v) is 3.81. The zero-order valence-electron chi connectivity index (χ0n) is 13.0. The molecule has 112 valence electrons. The summed E-state index contributed by atoms with van der Waals surface area (Å²) in [4.78, 5) is 11.8. The van der Waals surface area contributed by atoms with Crippen LogP contribution in [0.5, 0.6) is 0 Å². The normalized spacial score (nSPS) is 13.1. The van der Waals surface area contributed by atoms with Crippen LogP contribution in [0.1, 0.15) is 57.8 Å². The quantitative estimate of drug-likeness (QED) is 0.774. The number of benzene rings is 1.